The minimum Gasteiger partial charge on any atom is -0.445 e. The van der Waals surface area contributed by atoms with Crippen LogP contribution in [0.3, 0.4) is 0 Å². The Kier molecular flexibility index (Phi) is 10.8. The van der Waals surface area contributed by atoms with Crippen LogP contribution in [0.5, 0.6) is 0 Å². The summed E-state index contributed by atoms with van der Waals surface area (Å²) in [5.74, 6) is -2.38. The number of nitrogens with one attached hydrogen (secondary N) is 3. The average Bonchev–Trinajstić information content (AvgIpc) is 2.84. The Morgan fingerprint density at radius 1 is 0.853 bits per heavy atom. The van der Waals surface area contributed by atoms with E-state index in [4.69, 9.17) is 4.74 Å². The number of ketones is 1. The highest BCUT2D eigenvalue weighted by Gasteiger charge is 2.32. The SMILES string of the molecule is CCC[C@H](NC(=O)OCc1ccccc1)C(=O)N[C@H](C(=O)C(=O)NCc1ccccc1)C(C)C. The van der Waals surface area contributed by atoms with Gasteiger partial charge in [-0.15, -0.1) is 0 Å². The van der Waals surface area contributed by atoms with Crippen molar-refractivity contribution in [3.63, 3.8) is 0 Å². The molecule has 2 atom stereocenters. The molecule has 3 N–H and O–H groups in total. The Bertz CT molecular complexity index is 947. The Hall–Kier alpha value is -3.68. The summed E-state index contributed by atoms with van der Waals surface area (Å²) in [7, 11) is 0. The largest absolute Gasteiger partial charge is 0.445 e. The fraction of sp³-hybridized carbons (Fsp3) is 0.385. The minimum absolute atomic E-state index is 0.0713. The minimum atomic E-state index is -1.02. The predicted molar refractivity (Wildman–Crippen MR) is 129 cm³/mol. The van der Waals surface area contributed by atoms with E-state index in [1.807, 2.05) is 67.6 Å². The zero-order valence-electron chi connectivity index (χ0n) is 19.9. The van der Waals surface area contributed by atoms with Gasteiger partial charge in [0.1, 0.15) is 12.6 Å². The molecule has 182 valence electrons. The quantitative estimate of drug-likeness (QED) is 0.415. The van der Waals surface area contributed by atoms with Crippen molar-refractivity contribution in [2.45, 2.75) is 58.8 Å². The van der Waals surface area contributed by atoms with Crippen LogP contribution in [0.2, 0.25) is 0 Å². The molecule has 0 unspecified atom stereocenters. The van der Waals surface area contributed by atoms with Crippen LogP contribution in [0.25, 0.3) is 0 Å². The molecule has 2 aromatic carbocycles. The monoisotopic (exact) mass is 467 g/mol. The van der Waals surface area contributed by atoms with Crippen molar-refractivity contribution in [3.05, 3.63) is 71.8 Å². The van der Waals surface area contributed by atoms with Gasteiger partial charge in [-0.25, -0.2) is 4.79 Å². The number of hydrogen-bond donors (Lipinski definition) is 3. The van der Waals surface area contributed by atoms with E-state index in [-0.39, 0.29) is 19.1 Å². The van der Waals surface area contributed by atoms with E-state index >= 15 is 0 Å². The number of hydrogen-bond acceptors (Lipinski definition) is 5. The Balaban J connectivity index is 1.94. The maximum Gasteiger partial charge on any atom is 0.408 e. The van der Waals surface area contributed by atoms with Gasteiger partial charge in [-0.2, -0.15) is 0 Å². The summed E-state index contributed by atoms with van der Waals surface area (Å²) in [4.78, 5) is 50.3. The van der Waals surface area contributed by atoms with Crippen LogP contribution in [0.1, 0.15) is 44.7 Å². The second-order valence-corrected chi connectivity index (χ2v) is 8.31. The van der Waals surface area contributed by atoms with Gasteiger partial charge in [-0.3, -0.25) is 14.4 Å². The van der Waals surface area contributed by atoms with Crippen molar-refractivity contribution >= 4 is 23.7 Å². The molecule has 0 aromatic heterocycles. The molecular formula is C26H33N3O5. The number of ether oxygens (including phenoxy) is 1. The van der Waals surface area contributed by atoms with Gasteiger partial charge in [0.25, 0.3) is 5.91 Å². The molecule has 3 amide bonds. The van der Waals surface area contributed by atoms with Gasteiger partial charge in [0, 0.05) is 6.54 Å². The van der Waals surface area contributed by atoms with Crippen LogP contribution in [-0.2, 0) is 32.3 Å². The average molecular weight is 468 g/mol. The lowest BCUT2D eigenvalue weighted by molar-refractivity contribution is -0.141. The van der Waals surface area contributed by atoms with Gasteiger partial charge in [0.15, 0.2) is 0 Å². The van der Waals surface area contributed by atoms with Crippen molar-refractivity contribution in [2.75, 3.05) is 0 Å². The van der Waals surface area contributed by atoms with Gasteiger partial charge in [0.2, 0.25) is 11.7 Å². The summed E-state index contributed by atoms with van der Waals surface area (Å²) in [5.41, 5.74) is 1.68. The first-order valence-electron chi connectivity index (χ1n) is 11.4. The van der Waals surface area contributed by atoms with Crippen molar-refractivity contribution in [2.24, 2.45) is 5.92 Å². The van der Waals surface area contributed by atoms with Crippen LogP contribution in [-0.4, -0.2) is 35.8 Å². The van der Waals surface area contributed by atoms with Crippen LogP contribution in [0.4, 0.5) is 4.79 Å². The third-order valence-electron chi connectivity index (χ3n) is 5.17. The second kappa shape index (κ2) is 13.8. The highest BCUT2D eigenvalue weighted by atomic mass is 16.5. The molecule has 8 nitrogen and oxygen atoms in total. The molecule has 34 heavy (non-hydrogen) atoms. The lowest BCUT2D eigenvalue weighted by atomic mass is 9.98. The Morgan fingerprint density at radius 2 is 1.44 bits per heavy atom. The Labute approximate surface area is 200 Å². The van der Waals surface area contributed by atoms with E-state index in [2.05, 4.69) is 16.0 Å². The molecule has 0 radical (unpaired) electrons. The standard InChI is InChI=1S/C26H33N3O5/c1-4-11-21(28-26(33)34-17-20-14-9-6-10-15-20)24(31)29-22(18(2)3)23(30)25(32)27-16-19-12-7-5-8-13-19/h5-10,12-15,18,21-22H,4,11,16-17H2,1-3H3,(H,27,32)(H,28,33)(H,29,31)/t21-,22-/m0/s1. The third-order valence-corrected chi connectivity index (χ3v) is 5.17. The predicted octanol–water partition coefficient (Wildman–Crippen LogP) is 3.11. The molecule has 0 saturated heterocycles. The molecule has 0 fully saturated rings. The summed E-state index contributed by atoms with van der Waals surface area (Å²) in [6, 6.07) is 16.5. The van der Waals surface area contributed by atoms with Gasteiger partial charge < -0.3 is 20.7 Å². The molecule has 0 aliphatic carbocycles. The lowest BCUT2D eigenvalue weighted by Crippen LogP contribution is -2.55. The van der Waals surface area contributed by atoms with Crippen molar-refractivity contribution in [1.29, 1.82) is 0 Å². The van der Waals surface area contributed by atoms with Gasteiger partial charge in [-0.1, -0.05) is 87.9 Å². The molecule has 2 rings (SSSR count). The summed E-state index contributed by atoms with van der Waals surface area (Å²) < 4.78 is 5.21. The highest BCUT2D eigenvalue weighted by Crippen LogP contribution is 2.07. The number of Topliss-reactive ketones (excluding diaryl/α,β-unsaturated/α-hetero) is 1. The van der Waals surface area contributed by atoms with Gasteiger partial charge >= 0.3 is 6.09 Å². The summed E-state index contributed by atoms with van der Waals surface area (Å²) >= 11 is 0. The molecule has 0 aliphatic heterocycles. The van der Waals surface area contributed by atoms with Gasteiger partial charge in [0.05, 0.1) is 6.04 Å². The number of alkyl carbamates (subject to hydrolysis) is 1. The van der Waals surface area contributed by atoms with Crippen LogP contribution in [0, 0.1) is 5.92 Å². The smallest absolute Gasteiger partial charge is 0.408 e. The number of carbonyl (C=O) groups excluding carboxylic acids is 4. The zero-order chi connectivity index (χ0) is 24.9. The second-order valence-electron chi connectivity index (χ2n) is 8.31. The van der Waals surface area contributed by atoms with Crippen LogP contribution < -0.4 is 16.0 Å². The first-order chi connectivity index (χ1) is 16.3. The van der Waals surface area contributed by atoms with Crippen LogP contribution in [0.15, 0.2) is 60.7 Å². The maximum atomic E-state index is 12.9. The number of amides is 3. The summed E-state index contributed by atoms with van der Waals surface area (Å²) in [6.45, 7) is 5.63. The topological polar surface area (TPSA) is 114 Å². The van der Waals surface area contributed by atoms with Gasteiger partial charge in [-0.05, 0) is 23.5 Å². The maximum absolute atomic E-state index is 12.9. The third kappa shape index (κ3) is 8.69. The first-order valence-corrected chi connectivity index (χ1v) is 11.4. The van der Waals surface area contributed by atoms with E-state index in [1.165, 1.54) is 0 Å². The molecule has 0 heterocycles. The molecule has 0 saturated carbocycles. The molecular weight excluding hydrogens is 434 g/mol. The molecule has 0 bridgehead atoms. The molecule has 0 aliphatic rings. The number of carbonyl (C=O) groups is 4. The molecule has 8 heteroatoms. The number of rotatable bonds is 12. The fourth-order valence-corrected chi connectivity index (χ4v) is 3.26. The summed E-state index contributed by atoms with van der Waals surface area (Å²) in [6.07, 6.45) is 0.242. The zero-order valence-corrected chi connectivity index (χ0v) is 19.9. The lowest BCUT2D eigenvalue weighted by Gasteiger charge is -2.24. The van der Waals surface area contributed by atoms with Crippen LogP contribution >= 0.6 is 0 Å². The highest BCUT2D eigenvalue weighted by molar-refractivity contribution is 6.38. The van der Waals surface area contributed by atoms with E-state index in [0.717, 1.165) is 11.1 Å². The fourth-order valence-electron chi connectivity index (χ4n) is 3.26. The normalized spacial score (nSPS) is 12.4. The van der Waals surface area contributed by atoms with E-state index in [9.17, 15) is 19.2 Å². The van der Waals surface area contributed by atoms with E-state index < -0.39 is 35.8 Å². The first kappa shape index (κ1) is 26.6. The summed E-state index contributed by atoms with van der Waals surface area (Å²) in [5, 5.41) is 7.80. The van der Waals surface area contributed by atoms with Crippen molar-refractivity contribution < 1.29 is 23.9 Å². The molecule has 2 aromatic rings. The van der Waals surface area contributed by atoms with Crippen molar-refractivity contribution in [1.82, 2.24) is 16.0 Å². The van der Waals surface area contributed by atoms with Crippen molar-refractivity contribution in [3.8, 4) is 0 Å². The number of benzene rings is 2. The molecule has 0 spiro atoms. The van der Waals surface area contributed by atoms with E-state index in [1.54, 1.807) is 13.8 Å². The van der Waals surface area contributed by atoms with E-state index in [0.29, 0.717) is 12.8 Å². The Morgan fingerprint density at radius 3 is 2.00 bits per heavy atom.